The van der Waals surface area contributed by atoms with Crippen LogP contribution in [0, 0.1) is 12.8 Å². The van der Waals surface area contributed by atoms with Gasteiger partial charge in [0.15, 0.2) is 5.06 Å². The van der Waals surface area contributed by atoms with Gasteiger partial charge in [0.1, 0.15) is 0 Å². The van der Waals surface area contributed by atoms with E-state index in [9.17, 15) is 0 Å². The standard InChI is InChI=1S/C27H32N2OS/c1-19-18-23(26(30-3)31-19)28-25-22-14-16-29(17-15-22)27(25,2)24(20-10-6-4-7-11-20)21-12-8-5-9-13-21/h4-13,18,22,24-25,28H,14-17H2,1-3H3/t25-,27-/m0/s1. The van der Waals surface area contributed by atoms with Crippen molar-refractivity contribution >= 4 is 17.0 Å². The van der Waals surface area contributed by atoms with Crippen molar-refractivity contribution in [2.24, 2.45) is 5.92 Å². The van der Waals surface area contributed by atoms with Gasteiger partial charge in [-0.25, -0.2) is 0 Å². The largest absolute Gasteiger partial charge is 0.486 e. The van der Waals surface area contributed by atoms with Crippen molar-refractivity contribution in [2.75, 3.05) is 25.5 Å². The zero-order chi connectivity index (χ0) is 21.4. The summed E-state index contributed by atoms with van der Waals surface area (Å²) in [7, 11) is 1.78. The SMILES string of the molecule is COc1sc(C)cc1N[C@H]1C2CCN(CC2)[C@@]1(C)C(c1ccccc1)c1ccccc1. The maximum Gasteiger partial charge on any atom is 0.197 e. The van der Waals surface area contributed by atoms with Gasteiger partial charge in [0, 0.05) is 22.4 Å². The van der Waals surface area contributed by atoms with E-state index >= 15 is 0 Å². The molecule has 0 saturated carbocycles. The lowest BCUT2D eigenvalue weighted by atomic mass is 9.62. The molecule has 2 bridgehead atoms. The van der Waals surface area contributed by atoms with Crippen LogP contribution in [0.1, 0.15) is 41.7 Å². The fourth-order valence-electron chi connectivity index (χ4n) is 6.09. The Balaban J connectivity index is 1.63. The Morgan fingerprint density at radius 1 is 1.00 bits per heavy atom. The monoisotopic (exact) mass is 432 g/mol. The quantitative estimate of drug-likeness (QED) is 0.505. The maximum atomic E-state index is 5.73. The van der Waals surface area contributed by atoms with E-state index in [0.29, 0.717) is 17.9 Å². The van der Waals surface area contributed by atoms with Crippen LogP contribution in [0.2, 0.25) is 0 Å². The van der Waals surface area contributed by atoms with E-state index in [1.54, 1.807) is 18.4 Å². The number of methoxy groups -OCH3 is 1. The van der Waals surface area contributed by atoms with Crippen molar-refractivity contribution in [3.05, 3.63) is 82.7 Å². The number of thiophene rings is 1. The summed E-state index contributed by atoms with van der Waals surface area (Å²) in [5.41, 5.74) is 3.90. The van der Waals surface area contributed by atoms with Crippen LogP contribution in [0.5, 0.6) is 5.06 Å². The molecule has 0 amide bonds. The summed E-state index contributed by atoms with van der Waals surface area (Å²) in [5, 5.41) is 5.00. The van der Waals surface area contributed by atoms with E-state index in [1.165, 1.54) is 41.9 Å². The summed E-state index contributed by atoms with van der Waals surface area (Å²) >= 11 is 1.73. The normalized spacial score (nSPS) is 27.4. The number of aryl methyl sites for hydroxylation is 1. The number of fused-ring (bicyclic) bond motifs is 3. The molecule has 0 spiro atoms. The highest BCUT2D eigenvalue weighted by molar-refractivity contribution is 7.14. The number of nitrogens with zero attached hydrogens (tertiary/aromatic N) is 1. The first-order valence-electron chi connectivity index (χ1n) is 11.4. The van der Waals surface area contributed by atoms with Crippen molar-refractivity contribution in [1.82, 2.24) is 4.90 Å². The molecule has 0 radical (unpaired) electrons. The molecule has 3 saturated heterocycles. The summed E-state index contributed by atoms with van der Waals surface area (Å²) in [5.74, 6) is 0.955. The second-order valence-electron chi connectivity index (χ2n) is 9.19. The van der Waals surface area contributed by atoms with E-state index < -0.39 is 0 Å². The van der Waals surface area contributed by atoms with E-state index in [2.05, 4.69) is 90.8 Å². The van der Waals surface area contributed by atoms with Gasteiger partial charge >= 0.3 is 0 Å². The number of piperidine rings is 3. The molecule has 0 aliphatic carbocycles. The minimum Gasteiger partial charge on any atom is -0.486 e. The molecule has 1 N–H and O–H groups in total. The molecule has 3 aliphatic heterocycles. The summed E-state index contributed by atoms with van der Waals surface area (Å²) < 4.78 is 5.73. The molecule has 1 aromatic heterocycles. The third-order valence-corrected chi connectivity index (χ3v) is 8.50. The number of ether oxygens (including phenoxy) is 1. The van der Waals surface area contributed by atoms with Gasteiger partial charge in [-0.2, -0.15) is 0 Å². The third-order valence-electron chi connectivity index (χ3n) is 7.49. The molecule has 2 atom stereocenters. The molecule has 6 rings (SSSR count). The predicted octanol–water partition coefficient (Wildman–Crippen LogP) is 6.16. The van der Waals surface area contributed by atoms with Crippen LogP contribution in [0.15, 0.2) is 66.7 Å². The van der Waals surface area contributed by atoms with Crippen LogP contribution < -0.4 is 10.1 Å². The highest BCUT2D eigenvalue weighted by Crippen LogP contribution is 2.51. The first kappa shape index (κ1) is 20.6. The molecule has 2 aromatic carbocycles. The Labute approximate surface area is 190 Å². The number of rotatable bonds is 6. The molecule has 162 valence electrons. The molecule has 31 heavy (non-hydrogen) atoms. The molecular weight excluding hydrogens is 400 g/mol. The summed E-state index contributed by atoms with van der Waals surface area (Å²) in [6.45, 7) is 7.00. The number of hydrogen-bond donors (Lipinski definition) is 1. The van der Waals surface area contributed by atoms with E-state index in [1.807, 2.05) is 0 Å². The maximum absolute atomic E-state index is 5.73. The Morgan fingerprint density at radius 2 is 1.58 bits per heavy atom. The van der Waals surface area contributed by atoms with Crippen LogP contribution >= 0.6 is 11.3 Å². The summed E-state index contributed by atoms with van der Waals surface area (Å²) in [6, 6.07) is 24.8. The first-order chi connectivity index (χ1) is 15.1. The zero-order valence-electron chi connectivity index (χ0n) is 18.7. The van der Waals surface area contributed by atoms with E-state index in [-0.39, 0.29) is 5.54 Å². The van der Waals surface area contributed by atoms with E-state index in [4.69, 9.17) is 4.74 Å². The van der Waals surface area contributed by atoms with Crippen LogP contribution in [0.25, 0.3) is 0 Å². The van der Waals surface area contributed by atoms with Gasteiger partial charge in [0.25, 0.3) is 0 Å². The van der Waals surface area contributed by atoms with Crippen LogP contribution in [0.3, 0.4) is 0 Å². The molecule has 3 nitrogen and oxygen atoms in total. The molecule has 4 heterocycles. The molecule has 0 unspecified atom stereocenters. The van der Waals surface area contributed by atoms with Gasteiger partial charge < -0.3 is 10.1 Å². The molecule has 3 fully saturated rings. The first-order valence-corrected chi connectivity index (χ1v) is 12.2. The fraction of sp³-hybridized carbons (Fsp3) is 0.407. The summed E-state index contributed by atoms with van der Waals surface area (Å²) in [4.78, 5) is 4.03. The fourth-order valence-corrected chi connectivity index (χ4v) is 6.87. The lowest BCUT2D eigenvalue weighted by Crippen LogP contribution is -2.70. The van der Waals surface area contributed by atoms with Gasteiger partial charge in [-0.15, -0.1) is 11.3 Å². The van der Waals surface area contributed by atoms with Gasteiger partial charge in [-0.05, 0) is 62.9 Å². The smallest absolute Gasteiger partial charge is 0.197 e. The van der Waals surface area contributed by atoms with Crippen LogP contribution in [0.4, 0.5) is 5.69 Å². The van der Waals surface area contributed by atoms with Crippen molar-refractivity contribution in [2.45, 2.75) is 44.2 Å². The second kappa shape index (κ2) is 8.33. The Hall–Kier alpha value is -2.30. The Bertz CT molecular complexity index is 971. The second-order valence-corrected chi connectivity index (χ2v) is 10.4. The van der Waals surface area contributed by atoms with Crippen molar-refractivity contribution < 1.29 is 4.74 Å². The average Bonchev–Trinajstić information content (AvgIpc) is 3.17. The van der Waals surface area contributed by atoms with Crippen molar-refractivity contribution in [1.29, 1.82) is 0 Å². The molecule has 3 aliphatic rings. The highest BCUT2D eigenvalue weighted by Gasteiger charge is 2.55. The minimum absolute atomic E-state index is 0.0370. The Kier molecular flexibility index (Phi) is 5.53. The summed E-state index contributed by atoms with van der Waals surface area (Å²) in [6.07, 6.45) is 2.52. The molecular formula is C27H32N2OS. The number of benzene rings is 2. The lowest BCUT2D eigenvalue weighted by molar-refractivity contribution is -0.0401. The molecule has 4 heteroatoms. The van der Waals surface area contributed by atoms with Gasteiger partial charge in [0.2, 0.25) is 0 Å². The topological polar surface area (TPSA) is 24.5 Å². The average molecular weight is 433 g/mol. The Morgan fingerprint density at radius 3 is 2.13 bits per heavy atom. The van der Waals surface area contributed by atoms with E-state index in [0.717, 1.165) is 10.8 Å². The van der Waals surface area contributed by atoms with Gasteiger partial charge in [-0.1, -0.05) is 60.7 Å². The lowest BCUT2D eigenvalue weighted by Gasteiger charge is -2.61. The molecule has 3 aromatic rings. The van der Waals surface area contributed by atoms with Crippen molar-refractivity contribution in [3.8, 4) is 5.06 Å². The zero-order valence-corrected chi connectivity index (χ0v) is 19.5. The minimum atomic E-state index is -0.0370. The van der Waals surface area contributed by atoms with Gasteiger partial charge in [-0.3, -0.25) is 4.90 Å². The number of anilines is 1. The number of nitrogens with one attached hydrogen (secondary N) is 1. The van der Waals surface area contributed by atoms with Crippen molar-refractivity contribution in [3.63, 3.8) is 0 Å². The predicted molar refractivity (Wildman–Crippen MR) is 130 cm³/mol. The highest BCUT2D eigenvalue weighted by atomic mass is 32.1. The third kappa shape index (κ3) is 3.56. The van der Waals surface area contributed by atoms with Gasteiger partial charge in [0.05, 0.1) is 12.8 Å². The number of hydrogen-bond acceptors (Lipinski definition) is 4. The van der Waals surface area contributed by atoms with Crippen LogP contribution in [-0.2, 0) is 0 Å². The van der Waals surface area contributed by atoms with Crippen LogP contribution in [-0.4, -0.2) is 36.7 Å².